The molecule has 170 valence electrons. The van der Waals surface area contributed by atoms with E-state index in [1.807, 2.05) is 0 Å². The highest BCUT2D eigenvalue weighted by atomic mass is 16.5. The molecule has 1 fully saturated rings. The van der Waals surface area contributed by atoms with E-state index in [4.69, 9.17) is 4.74 Å². The Morgan fingerprint density at radius 1 is 0.903 bits per heavy atom. The Morgan fingerprint density at radius 3 is 2.23 bits per heavy atom. The fourth-order valence-electron chi connectivity index (χ4n) is 4.81. The van der Waals surface area contributed by atoms with E-state index in [9.17, 15) is 5.11 Å². The van der Waals surface area contributed by atoms with Gasteiger partial charge in [-0.25, -0.2) is 0 Å². The van der Waals surface area contributed by atoms with Gasteiger partial charge in [0.15, 0.2) is 0 Å². The second-order valence-corrected chi connectivity index (χ2v) is 9.02. The van der Waals surface area contributed by atoms with Crippen molar-refractivity contribution in [2.75, 3.05) is 32.8 Å². The zero-order chi connectivity index (χ0) is 21.9. The van der Waals surface area contributed by atoms with Gasteiger partial charge >= 0.3 is 0 Å². The lowest BCUT2D eigenvalue weighted by Crippen LogP contribution is -2.45. The van der Waals surface area contributed by atoms with Crippen molar-refractivity contribution < 1.29 is 9.84 Å². The van der Waals surface area contributed by atoms with Crippen LogP contribution >= 0.6 is 0 Å². The first-order valence-electron chi connectivity index (χ1n) is 12.3. The van der Waals surface area contributed by atoms with Crippen LogP contribution in [0.4, 0.5) is 0 Å². The van der Waals surface area contributed by atoms with Gasteiger partial charge in [-0.05, 0) is 29.5 Å². The Labute approximate surface area is 189 Å². The maximum Gasteiger partial charge on any atom is 0.0977 e. The standard InChI is InChI=1S/C28H41NO2/c1-3-5-6-7-11-18-28(30,26-16-14-24(4-2)15-17-26)27(25-12-9-8-10-13-25)23-29-19-21-31-22-20-29/h8-10,12-17,27,30H,3-7,11,18-23H2,1-2H3. The zero-order valence-corrected chi connectivity index (χ0v) is 19.6. The number of nitrogens with zero attached hydrogens (tertiary/aromatic N) is 1. The molecule has 2 aromatic rings. The third-order valence-electron chi connectivity index (χ3n) is 6.85. The molecule has 1 N–H and O–H groups in total. The van der Waals surface area contributed by atoms with E-state index < -0.39 is 5.60 Å². The molecule has 0 amide bonds. The van der Waals surface area contributed by atoms with Gasteiger partial charge in [0.05, 0.1) is 18.8 Å². The number of morpholine rings is 1. The minimum Gasteiger partial charge on any atom is -0.384 e. The van der Waals surface area contributed by atoms with Gasteiger partial charge in [-0.1, -0.05) is 101 Å². The molecule has 1 heterocycles. The van der Waals surface area contributed by atoms with Gasteiger partial charge in [-0.3, -0.25) is 4.90 Å². The highest BCUT2D eigenvalue weighted by Gasteiger charge is 2.40. The molecule has 0 bridgehead atoms. The molecule has 3 nitrogen and oxygen atoms in total. The first-order chi connectivity index (χ1) is 15.2. The number of hydrogen-bond donors (Lipinski definition) is 1. The van der Waals surface area contributed by atoms with Crippen LogP contribution in [0.1, 0.15) is 75.0 Å². The molecule has 3 rings (SSSR count). The van der Waals surface area contributed by atoms with Crippen LogP contribution in [0.15, 0.2) is 54.6 Å². The summed E-state index contributed by atoms with van der Waals surface area (Å²) in [6, 6.07) is 19.4. The zero-order valence-electron chi connectivity index (χ0n) is 19.6. The van der Waals surface area contributed by atoms with Gasteiger partial charge in [0.25, 0.3) is 0 Å². The molecule has 3 heteroatoms. The van der Waals surface area contributed by atoms with E-state index in [2.05, 4.69) is 73.3 Å². The number of hydrogen-bond acceptors (Lipinski definition) is 3. The molecule has 0 radical (unpaired) electrons. The van der Waals surface area contributed by atoms with Crippen molar-refractivity contribution >= 4 is 0 Å². The largest absolute Gasteiger partial charge is 0.384 e. The summed E-state index contributed by atoms with van der Waals surface area (Å²) < 4.78 is 5.58. The van der Waals surface area contributed by atoms with Gasteiger partial charge in [0.1, 0.15) is 0 Å². The predicted molar refractivity (Wildman–Crippen MR) is 130 cm³/mol. The van der Waals surface area contributed by atoms with E-state index in [0.29, 0.717) is 0 Å². The van der Waals surface area contributed by atoms with Crippen molar-refractivity contribution in [3.8, 4) is 0 Å². The van der Waals surface area contributed by atoms with E-state index in [1.54, 1.807) is 0 Å². The van der Waals surface area contributed by atoms with Crippen LogP contribution in [0, 0.1) is 0 Å². The van der Waals surface area contributed by atoms with Crippen LogP contribution in [0.5, 0.6) is 0 Å². The van der Waals surface area contributed by atoms with Crippen molar-refractivity contribution in [3.63, 3.8) is 0 Å². The molecule has 2 aromatic carbocycles. The summed E-state index contributed by atoms with van der Waals surface area (Å²) in [7, 11) is 0. The van der Waals surface area contributed by atoms with Crippen LogP contribution in [0.25, 0.3) is 0 Å². The van der Waals surface area contributed by atoms with Gasteiger partial charge in [-0.2, -0.15) is 0 Å². The van der Waals surface area contributed by atoms with E-state index in [-0.39, 0.29) is 5.92 Å². The van der Waals surface area contributed by atoms with E-state index in [0.717, 1.165) is 57.7 Å². The molecule has 31 heavy (non-hydrogen) atoms. The number of benzene rings is 2. The lowest BCUT2D eigenvalue weighted by Gasteiger charge is -2.41. The summed E-state index contributed by atoms with van der Waals surface area (Å²) in [6.45, 7) is 8.72. The average Bonchev–Trinajstić information content (AvgIpc) is 2.83. The summed E-state index contributed by atoms with van der Waals surface area (Å²) in [5.74, 6) is 0.0328. The van der Waals surface area contributed by atoms with Crippen molar-refractivity contribution in [3.05, 3.63) is 71.3 Å². The Balaban J connectivity index is 1.91. The molecule has 2 atom stereocenters. The van der Waals surface area contributed by atoms with E-state index >= 15 is 0 Å². The number of aryl methyl sites for hydroxylation is 1. The van der Waals surface area contributed by atoms with Crippen molar-refractivity contribution in [1.82, 2.24) is 4.90 Å². The van der Waals surface area contributed by atoms with Crippen LogP contribution in [-0.2, 0) is 16.8 Å². The van der Waals surface area contributed by atoms with Gasteiger partial charge in [0, 0.05) is 25.6 Å². The molecule has 0 aliphatic carbocycles. The Hall–Kier alpha value is -1.68. The highest BCUT2D eigenvalue weighted by Crippen LogP contribution is 2.42. The third-order valence-corrected chi connectivity index (χ3v) is 6.85. The monoisotopic (exact) mass is 423 g/mol. The van der Waals surface area contributed by atoms with Crippen molar-refractivity contribution in [1.29, 1.82) is 0 Å². The smallest absolute Gasteiger partial charge is 0.0977 e. The lowest BCUT2D eigenvalue weighted by molar-refractivity contribution is -0.0296. The number of unbranched alkanes of at least 4 members (excludes halogenated alkanes) is 4. The van der Waals surface area contributed by atoms with Crippen LogP contribution in [-0.4, -0.2) is 42.9 Å². The molecule has 1 saturated heterocycles. The summed E-state index contributed by atoms with van der Waals surface area (Å²) in [5.41, 5.74) is 2.73. The van der Waals surface area contributed by atoms with Gasteiger partial charge in [-0.15, -0.1) is 0 Å². The molecular weight excluding hydrogens is 382 g/mol. The second kappa shape index (κ2) is 12.4. The number of aliphatic hydroxyl groups is 1. The molecule has 0 aromatic heterocycles. The molecule has 1 aliphatic heterocycles. The van der Waals surface area contributed by atoms with Gasteiger partial charge in [0.2, 0.25) is 0 Å². The number of ether oxygens (including phenoxy) is 1. The number of rotatable bonds is 12. The van der Waals surface area contributed by atoms with Crippen LogP contribution in [0.3, 0.4) is 0 Å². The van der Waals surface area contributed by atoms with E-state index in [1.165, 1.54) is 36.8 Å². The average molecular weight is 424 g/mol. The molecular formula is C28H41NO2. The minimum atomic E-state index is -0.877. The first kappa shape index (κ1) is 24.0. The van der Waals surface area contributed by atoms with Crippen LogP contribution < -0.4 is 0 Å². The second-order valence-electron chi connectivity index (χ2n) is 9.02. The maximum atomic E-state index is 12.4. The predicted octanol–water partition coefficient (Wildman–Crippen LogP) is 5.91. The summed E-state index contributed by atoms with van der Waals surface area (Å²) in [4.78, 5) is 2.46. The quantitative estimate of drug-likeness (QED) is 0.431. The fourth-order valence-corrected chi connectivity index (χ4v) is 4.81. The summed E-state index contributed by atoms with van der Waals surface area (Å²) >= 11 is 0. The topological polar surface area (TPSA) is 32.7 Å². The Morgan fingerprint density at radius 2 is 1.58 bits per heavy atom. The Kier molecular flexibility index (Phi) is 9.57. The first-order valence-corrected chi connectivity index (χ1v) is 12.3. The van der Waals surface area contributed by atoms with Gasteiger partial charge < -0.3 is 9.84 Å². The molecule has 0 spiro atoms. The molecule has 0 saturated carbocycles. The third kappa shape index (κ3) is 6.65. The van der Waals surface area contributed by atoms with Crippen molar-refractivity contribution in [2.24, 2.45) is 0 Å². The SMILES string of the molecule is CCCCCCCC(O)(c1ccc(CC)cc1)C(CN1CCOCC1)c1ccccc1. The fraction of sp³-hybridized carbons (Fsp3) is 0.571. The van der Waals surface area contributed by atoms with Crippen LogP contribution in [0.2, 0.25) is 0 Å². The summed E-state index contributed by atoms with van der Waals surface area (Å²) in [5, 5.41) is 12.4. The summed E-state index contributed by atoms with van der Waals surface area (Å²) in [6.07, 6.45) is 7.82. The Bertz CT molecular complexity index is 739. The normalized spacial score (nSPS) is 17.9. The lowest BCUT2D eigenvalue weighted by atomic mass is 9.73. The minimum absolute atomic E-state index is 0.0328. The molecule has 1 aliphatic rings. The van der Waals surface area contributed by atoms with Crippen molar-refractivity contribution in [2.45, 2.75) is 70.3 Å². The highest BCUT2D eigenvalue weighted by molar-refractivity contribution is 5.33. The molecule has 2 unspecified atom stereocenters. The maximum absolute atomic E-state index is 12.4.